The van der Waals surface area contributed by atoms with Gasteiger partial charge in [-0.25, -0.2) is 4.79 Å². The van der Waals surface area contributed by atoms with E-state index in [0.717, 1.165) is 5.75 Å². The molecule has 2 rings (SSSR count). The van der Waals surface area contributed by atoms with E-state index in [1.54, 1.807) is 24.3 Å². The summed E-state index contributed by atoms with van der Waals surface area (Å²) in [5.74, 6) is -0.327. The van der Waals surface area contributed by atoms with Crippen LogP contribution in [-0.2, 0) is 16.6 Å². The fourth-order valence-corrected chi connectivity index (χ4v) is 2.69. The molecule has 2 aromatic rings. The first-order valence-electron chi connectivity index (χ1n) is 9.08. The SMILES string of the molecule is CC(C)(C)c1ccc(OCCNC(=O)CCc2ccccc2C(=O)O)cc1. The molecule has 0 aliphatic rings. The summed E-state index contributed by atoms with van der Waals surface area (Å²) in [4.78, 5) is 23.1. The number of hydrogen-bond donors (Lipinski definition) is 2. The van der Waals surface area contributed by atoms with E-state index < -0.39 is 5.97 Å². The maximum absolute atomic E-state index is 11.9. The molecule has 0 saturated heterocycles. The number of aryl methyl sites for hydroxylation is 1. The van der Waals surface area contributed by atoms with E-state index in [9.17, 15) is 9.59 Å². The molecule has 0 bridgehead atoms. The maximum atomic E-state index is 11.9. The lowest BCUT2D eigenvalue weighted by Gasteiger charge is -2.19. The van der Waals surface area contributed by atoms with E-state index in [4.69, 9.17) is 9.84 Å². The lowest BCUT2D eigenvalue weighted by molar-refractivity contribution is -0.121. The number of carboxylic acid groups (broad SMARTS) is 1. The van der Waals surface area contributed by atoms with Gasteiger partial charge in [-0.1, -0.05) is 51.1 Å². The van der Waals surface area contributed by atoms with Crippen LogP contribution >= 0.6 is 0 Å². The minimum Gasteiger partial charge on any atom is -0.492 e. The molecule has 0 saturated carbocycles. The van der Waals surface area contributed by atoms with Crippen LogP contribution in [0.4, 0.5) is 0 Å². The summed E-state index contributed by atoms with van der Waals surface area (Å²) in [5, 5.41) is 12.0. The Morgan fingerprint density at radius 2 is 1.70 bits per heavy atom. The fourth-order valence-electron chi connectivity index (χ4n) is 2.69. The monoisotopic (exact) mass is 369 g/mol. The standard InChI is InChI=1S/C22H27NO4/c1-22(2,3)17-9-11-18(12-10-17)27-15-14-23-20(24)13-8-16-6-4-5-7-19(16)21(25)26/h4-7,9-12H,8,13-15H2,1-3H3,(H,23,24)(H,25,26). The van der Waals surface area contributed by atoms with Crippen molar-refractivity contribution < 1.29 is 19.4 Å². The Morgan fingerprint density at radius 1 is 1.04 bits per heavy atom. The fraction of sp³-hybridized carbons (Fsp3) is 0.364. The van der Waals surface area contributed by atoms with Crippen LogP contribution in [0.15, 0.2) is 48.5 Å². The molecule has 0 aliphatic carbocycles. The molecule has 0 fully saturated rings. The first-order valence-corrected chi connectivity index (χ1v) is 9.08. The summed E-state index contributed by atoms with van der Waals surface area (Å²) in [6, 6.07) is 14.7. The summed E-state index contributed by atoms with van der Waals surface area (Å²) < 4.78 is 5.64. The van der Waals surface area contributed by atoms with Gasteiger partial charge in [-0.2, -0.15) is 0 Å². The molecule has 144 valence electrons. The van der Waals surface area contributed by atoms with Gasteiger partial charge in [0.1, 0.15) is 12.4 Å². The van der Waals surface area contributed by atoms with Crippen molar-refractivity contribution in [3.63, 3.8) is 0 Å². The normalized spacial score (nSPS) is 11.1. The lowest BCUT2D eigenvalue weighted by Crippen LogP contribution is -2.28. The van der Waals surface area contributed by atoms with Crippen molar-refractivity contribution >= 4 is 11.9 Å². The number of benzene rings is 2. The van der Waals surface area contributed by atoms with E-state index in [-0.39, 0.29) is 23.3 Å². The average Bonchev–Trinajstić information content (AvgIpc) is 2.63. The summed E-state index contributed by atoms with van der Waals surface area (Å²) >= 11 is 0. The van der Waals surface area contributed by atoms with Gasteiger partial charge in [0.05, 0.1) is 12.1 Å². The zero-order chi connectivity index (χ0) is 19.9. The number of ether oxygens (including phenoxy) is 1. The van der Waals surface area contributed by atoms with Gasteiger partial charge in [0.2, 0.25) is 5.91 Å². The second-order valence-electron chi connectivity index (χ2n) is 7.44. The van der Waals surface area contributed by atoms with Gasteiger partial charge in [0.25, 0.3) is 0 Å². The van der Waals surface area contributed by atoms with Crippen molar-refractivity contribution in [3.8, 4) is 5.75 Å². The van der Waals surface area contributed by atoms with Crippen LogP contribution in [0.3, 0.4) is 0 Å². The van der Waals surface area contributed by atoms with E-state index in [2.05, 4.69) is 26.1 Å². The number of nitrogens with one attached hydrogen (secondary N) is 1. The molecule has 27 heavy (non-hydrogen) atoms. The second-order valence-corrected chi connectivity index (χ2v) is 7.44. The molecule has 0 unspecified atom stereocenters. The Hall–Kier alpha value is -2.82. The predicted molar refractivity (Wildman–Crippen MR) is 105 cm³/mol. The number of amides is 1. The number of carboxylic acids is 1. The lowest BCUT2D eigenvalue weighted by atomic mass is 9.87. The first-order chi connectivity index (χ1) is 12.8. The molecule has 5 nitrogen and oxygen atoms in total. The Balaban J connectivity index is 1.72. The van der Waals surface area contributed by atoms with Gasteiger partial charge in [0.15, 0.2) is 0 Å². The molecular weight excluding hydrogens is 342 g/mol. The van der Waals surface area contributed by atoms with Gasteiger partial charge in [0, 0.05) is 6.42 Å². The van der Waals surface area contributed by atoms with Crippen molar-refractivity contribution in [3.05, 3.63) is 65.2 Å². The zero-order valence-corrected chi connectivity index (χ0v) is 16.1. The third-order valence-corrected chi connectivity index (χ3v) is 4.28. The summed E-state index contributed by atoms with van der Waals surface area (Å²) in [7, 11) is 0. The molecule has 0 heterocycles. The molecule has 0 atom stereocenters. The zero-order valence-electron chi connectivity index (χ0n) is 16.1. The van der Waals surface area contributed by atoms with E-state index in [1.807, 2.05) is 24.3 Å². The molecule has 1 amide bonds. The minimum absolute atomic E-state index is 0.103. The van der Waals surface area contributed by atoms with Gasteiger partial charge >= 0.3 is 5.97 Å². The van der Waals surface area contributed by atoms with Gasteiger partial charge in [-0.15, -0.1) is 0 Å². The molecule has 0 radical (unpaired) electrons. The summed E-state index contributed by atoms with van der Waals surface area (Å²) in [6.45, 7) is 7.26. The average molecular weight is 369 g/mol. The molecule has 2 N–H and O–H groups in total. The topological polar surface area (TPSA) is 75.6 Å². The maximum Gasteiger partial charge on any atom is 0.335 e. The summed E-state index contributed by atoms with van der Waals surface area (Å²) in [5.41, 5.74) is 2.25. The Kier molecular flexibility index (Phi) is 6.99. The third kappa shape index (κ3) is 6.44. The molecular formula is C22H27NO4. The number of carbonyl (C=O) groups is 2. The van der Waals surface area contributed by atoms with E-state index in [0.29, 0.717) is 25.1 Å². The number of hydrogen-bond acceptors (Lipinski definition) is 3. The van der Waals surface area contributed by atoms with Crippen LogP contribution in [0.2, 0.25) is 0 Å². The smallest absolute Gasteiger partial charge is 0.335 e. The van der Waals surface area contributed by atoms with Crippen LogP contribution in [0.5, 0.6) is 5.75 Å². The largest absolute Gasteiger partial charge is 0.492 e. The Labute approximate surface area is 160 Å². The minimum atomic E-state index is -0.975. The number of carbonyl (C=O) groups excluding carboxylic acids is 1. The van der Waals surface area contributed by atoms with E-state index >= 15 is 0 Å². The quantitative estimate of drug-likeness (QED) is 0.694. The van der Waals surface area contributed by atoms with Crippen LogP contribution in [0.1, 0.15) is 48.7 Å². The Bertz CT molecular complexity index is 776. The molecule has 0 aliphatic heterocycles. The van der Waals surface area contributed by atoms with Crippen molar-refractivity contribution in [1.82, 2.24) is 5.32 Å². The number of aromatic carboxylic acids is 1. The molecule has 0 aromatic heterocycles. The molecule has 5 heteroatoms. The van der Waals surface area contributed by atoms with Gasteiger partial charge in [-0.3, -0.25) is 4.79 Å². The van der Waals surface area contributed by atoms with Crippen molar-refractivity contribution in [2.75, 3.05) is 13.2 Å². The van der Waals surface area contributed by atoms with Crippen LogP contribution in [0, 0.1) is 0 Å². The highest BCUT2D eigenvalue weighted by Crippen LogP contribution is 2.24. The van der Waals surface area contributed by atoms with Gasteiger partial charge < -0.3 is 15.2 Å². The van der Waals surface area contributed by atoms with E-state index in [1.165, 1.54) is 5.56 Å². The Morgan fingerprint density at radius 3 is 2.33 bits per heavy atom. The van der Waals surface area contributed by atoms with Crippen LogP contribution < -0.4 is 10.1 Å². The van der Waals surface area contributed by atoms with Crippen molar-refractivity contribution in [2.24, 2.45) is 0 Å². The highest BCUT2D eigenvalue weighted by Gasteiger charge is 2.13. The van der Waals surface area contributed by atoms with Crippen molar-refractivity contribution in [1.29, 1.82) is 0 Å². The van der Waals surface area contributed by atoms with Gasteiger partial charge in [-0.05, 0) is 41.2 Å². The highest BCUT2D eigenvalue weighted by atomic mass is 16.5. The van der Waals surface area contributed by atoms with Crippen LogP contribution in [-0.4, -0.2) is 30.1 Å². The highest BCUT2D eigenvalue weighted by molar-refractivity contribution is 5.89. The van der Waals surface area contributed by atoms with Crippen molar-refractivity contribution in [2.45, 2.75) is 39.0 Å². The molecule has 0 spiro atoms. The molecule has 2 aromatic carbocycles. The third-order valence-electron chi connectivity index (χ3n) is 4.28. The predicted octanol–water partition coefficient (Wildman–Crippen LogP) is 3.81. The first kappa shape index (κ1) is 20.5. The summed E-state index contributed by atoms with van der Waals surface area (Å²) in [6.07, 6.45) is 0.633. The van der Waals surface area contributed by atoms with Crippen LogP contribution in [0.25, 0.3) is 0 Å². The number of rotatable bonds is 8. The second kappa shape index (κ2) is 9.21.